The van der Waals surface area contributed by atoms with Crippen LogP contribution in [0.4, 0.5) is 5.82 Å². The lowest BCUT2D eigenvalue weighted by atomic mass is 10.2. The van der Waals surface area contributed by atoms with Crippen molar-refractivity contribution in [3.63, 3.8) is 0 Å². The molecule has 0 saturated carbocycles. The van der Waals surface area contributed by atoms with Gasteiger partial charge in [-0.2, -0.15) is 0 Å². The van der Waals surface area contributed by atoms with Crippen molar-refractivity contribution in [2.24, 2.45) is 0 Å². The molecule has 0 unspecified atom stereocenters. The maximum absolute atomic E-state index is 5.60. The summed E-state index contributed by atoms with van der Waals surface area (Å²) in [6.45, 7) is 1.97. The molecule has 2 nitrogen and oxygen atoms in total. The topological polar surface area (TPSA) is 38.9 Å². The summed E-state index contributed by atoms with van der Waals surface area (Å²) in [6, 6.07) is 1.93. The summed E-state index contributed by atoms with van der Waals surface area (Å²) < 4.78 is 0. The molecule has 2 N–H and O–H groups in total. The minimum atomic E-state index is 0.499. The molecular weight excluding hydrogens is 283 g/mol. The van der Waals surface area contributed by atoms with Gasteiger partial charge in [0.05, 0.1) is 5.56 Å². The molecule has 0 amide bonds. The Morgan fingerprint density at radius 3 is 3.08 bits per heavy atom. The SMILES string of the molecule is Cc1cnc(N)c(C#CSI)c1. The van der Waals surface area contributed by atoms with Gasteiger partial charge in [-0.05, 0) is 32.7 Å². The van der Waals surface area contributed by atoms with Crippen LogP contribution in [0.15, 0.2) is 12.3 Å². The highest BCUT2D eigenvalue weighted by Crippen LogP contribution is 2.11. The molecule has 4 heteroatoms. The Morgan fingerprint density at radius 1 is 1.67 bits per heavy atom. The second-order valence-corrected chi connectivity index (χ2v) is 3.93. The van der Waals surface area contributed by atoms with Crippen molar-refractivity contribution < 1.29 is 0 Å². The molecule has 0 atom stereocenters. The standard InChI is InChI=1S/C8H7IN2S/c1-6-4-7(2-3-12-9)8(10)11-5-6/h4-5H,1H3,(H2,10,11). The third-order valence-corrected chi connectivity index (χ3v) is 2.12. The Balaban J connectivity index is 3.05. The lowest BCUT2D eigenvalue weighted by Crippen LogP contribution is -1.94. The van der Waals surface area contributed by atoms with E-state index in [1.165, 1.54) is 8.93 Å². The van der Waals surface area contributed by atoms with Crippen LogP contribution in [0.1, 0.15) is 11.1 Å². The minimum Gasteiger partial charge on any atom is -0.383 e. The average molecular weight is 290 g/mol. The maximum Gasteiger partial charge on any atom is 0.139 e. The van der Waals surface area contributed by atoms with Gasteiger partial charge < -0.3 is 5.73 Å². The van der Waals surface area contributed by atoms with Gasteiger partial charge in [-0.3, -0.25) is 0 Å². The molecule has 0 saturated heterocycles. The summed E-state index contributed by atoms with van der Waals surface area (Å²) in [5.41, 5.74) is 7.49. The Kier molecular flexibility index (Phi) is 3.69. The number of nitrogen functional groups attached to an aromatic ring is 1. The second kappa shape index (κ2) is 4.58. The smallest absolute Gasteiger partial charge is 0.139 e. The van der Waals surface area contributed by atoms with E-state index in [1.807, 2.05) is 13.0 Å². The number of hydrogen-bond donors (Lipinski definition) is 1. The first kappa shape index (κ1) is 9.68. The van der Waals surface area contributed by atoms with Crippen molar-refractivity contribution in [2.75, 3.05) is 5.73 Å². The van der Waals surface area contributed by atoms with E-state index in [4.69, 9.17) is 5.73 Å². The van der Waals surface area contributed by atoms with Crippen LogP contribution >= 0.6 is 30.1 Å². The number of hydrogen-bond acceptors (Lipinski definition) is 3. The lowest BCUT2D eigenvalue weighted by Gasteiger charge is -1.97. The van der Waals surface area contributed by atoms with E-state index < -0.39 is 0 Å². The van der Waals surface area contributed by atoms with Crippen LogP contribution in [-0.4, -0.2) is 4.98 Å². The highest BCUT2D eigenvalue weighted by Gasteiger charge is 1.95. The highest BCUT2D eigenvalue weighted by atomic mass is 127. The molecule has 0 bridgehead atoms. The minimum absolute atomic E-state index is 0.499. The number of aryl methyl sites for hydroxylation is 1. The van der Waals surface area contributed by atoms with Crippen LogP contribution < -0.4 is 5.73 Å². The number of nitrogens with zero attached hydrogens (tertiary/aromatic N) is 1. The number of pyridine rings is 1. The molecule has 1 aromatic rings. The van der Waals surface area contributed by atoms with Gasteiger partial charge in [0.1, 0.15) is 5.82 Å². The van der Waals surface area contributed by atoms with E-state index in [1.54, 1.807) is 6.20 Å². The zero-order valence-corrected chi connectivity index (χ0v) is 9.44. The van der Waals surface area contributed by atoms with E-state index in [2.05, 4.69) is 37.4 Å². The van der Waals surface area contributed by atoms with Crippen LogP contribution in [-0.2, 0) is 0 Å². The van der Waals surface area contributed by atoms with Crippen molar-refractivity contribution in [1.82, 2.24) is 4.98 Å². The molecule has 0 spiro atoms. The van der Waals surface area contributed by atoms with Crippen molar-refractivity contribution in [1.29, 1.82) is 0 Å². The van der Waals surface area contributed by atoms with Crippen LogP contribution in [0.25, 0.3) is 0 Å². The summed E-state index contributed by atoms with van der Waals surface area (Å²) in [5, 5.41) is 2.87. The zero-order valence-electron chi connectivity index (χ0n) is 6.47. The summed E-state index contributed by atoms with van der Waals surface area (Å²) in [4.78, 5) is 4.00. The fraction of sp³-hybridized carbons (Fsp3) is 0.125. The van der Waals surface area contributed by atoms with Crippen molar-refractivity contribution >= 4 is 36.0 Å². The third kappa shape index (κ3) is 2.57. The molecule has 0 aliphatic carbocycles. The molecule has 0 radical (unpaired) electrons. The first-order chi connectivity index (χ1) is 5.74. The molecule has 0 aliphatic rings. The first-order valence-corrected chi connectivity index (χ1v) is 6.60. The predicted octanol–water partition coefficient (Wildman–Crippen LogP) is 2.36. The maximum atomic E-state index is 5.60. The summed E-state index contributed by atoms with van der Waals surface area (Å²) in [5.74, 6) is 3.42. The van der Waals surface area contributed by atoms with Crippen molar-refractivity contribution in [3.8, 4) is 11.2 Å². The molecule has 12 heavy (non-hydrogen) atoms. The largest absolute Gasteiger partial charge is 0.383 e. The molecule has 1 rings (SSSR count). The Labute approximate surface area is 87.9 Å². The summed E-state index contributed by atoms with van der Waals surface area (Å²) in [6.07, 6.45) is 1.73. The fourth-order valence-corrected chi connectivity index (χ4v) is 1.23. The van der Waals surface area contributed by atoms with Gasteiger partial charge in [-0.1, -0.05) is 5.92 Å². The van der Waals surface area contributed by atoms with Crippen LogP contribution in [0, 0.1) is 18.1 Å². The Hall–Kier alpha value is -0.410. The molecule has 0 fully saturated rings. The quantitative estimate of drug-likeness (QED) is 0.589. The fourth-order valence-electron chi connectivity index (χ4n) is 0.754. The predicted molar refractivity (Wildman–Crippen MR) is 61.9 cm³/mol. The molecule has 1 aromatic heterocycles. The summed E-state index contributed by atoms with van der Waals surface area (Å²) >= 11 is 2.12. The number of halogens is 1. The van der Waals surface area contributed by atoms with Crippen LogP contribution in [0.5, 0.6) is 0 Å². The van der Waals surface area contributed by atoms with Crippen LogP contribution in [0.3, 0.4) is 0 Å². The van der Waals surface area contributed by atoms with Crippen molar-refractivity contribution in [3.05, 3.63) is 23.4 Å². The third-order valence-electron chi connectivity index (χ3n) is 1.28. The van der Waals surface area contributed by atoms with Gasteiger partial charge in [0.2, 0.25) is 0 Å². The zero-order chi connectivity index (χ0) is 8.97. The van der Waals surface area contributed by atoms with E-state index in [-0.39, 0.29) is 0 Å². The average Bonchev–Trinajstić information content (AvgIpc) is 2.07. The van der Waals surface area contributed by atoms with Crippen LogP contribution in [0.2, 0.25) is 0 Å². The number of aromatic nitrogens is 1. The first-order valence-electron chi connectivity index (χ1n) is 3.24. The summed E-state index contributed by atoms with van der Waals surface area (Å²) in [7, 11) is 1.44. The molecular formula is C8H7IN2S. The lowest BCUT2D eigenvalue weighted by molar-refractivity contribution is 1.26. The molecule has 1 heterocycles. The van der Waals surface area contributed by atoms with E-state index in [0.29, 0.717) is 5.82 Å². The number of anilines is 1. The molecule has 0 aliphatic heterocycles. The van der Waals surface area contributed by atoms with Crippen molar-refractivity contribution in [2.45, 2.75) is 6.92 Å². The van der Waals surface area contributed by atoms with Gasteiger partial charge in [0.15, 0.2) is 0 Å². The highest BCUT2D eigenvalue weighted by molar-refractivity contribution is 14.2. The van der Waals surface area contributed by atoms with Gasteiger partial charge >= 0.3 is 0 Å². The second-order valence-electron chi connectivity index (χ2n) is 2.25. The number of rotatable bonds is 0. The Bertz CT molecular complexity index is 341. The van der Waals surface area contributed by atoms with Gasteiger partial charge in [-0.25, -0.2) is 4.98 Å². The molecule has 62 valence electrons. The number of nitrogens with two attached hydrogens (primary N) is 1. The van der Waals surface area contributed by atoms with Gasteiger partial charge in [0, 0.05) is 27.4 Å². The molecule has 0 aromatic carbocycles. The van der Waals surface area contributed by atoms with E-state index in [9.17, 15) is 0 Å². The van der Waals surface area contributed by atoms with Gasteiger partial charge in [0.25, 0.3) is 0 Å². The normalized spacial score (nSPS) is 8.83. The van der Waals surface area contributed by atoms with Gasteiger partial charge in [-0.15, -0.1) is 0 Å². The monoisotopic (exact) mass is 290 g/mol. The van der Waals surface area contributed by atoms with E-state index in [0.717, 1.165) is 11.1 Å². The Morgan fingerprint density at radius 2 is 2.42 bits per heavy atom. The van der Waals surface area contributed by atoms with E-state index >= 15 is 0 Å².